The zero-order valence-electron chi connectivity index (χ0n) is 9.42. The number of thioether (sulfide) groups is 1. The molecule has 0 heterocycles. The van der Waals surface area contributed by atoms with E-state index in [1.54, 1.807) is 12.1 Å². The maximum absolute atomic E-state index is 11.5. The molecule has 0 fully saturated rings. The zero-order valence-corrected chi connectivity index (χ0v) is 10.2. The molecule has 0 radical (unpaired) electrons. The highest BCUT2D eigenvalue weighted by Gasteiger charge is 2.28. The fourth-order valence-electron chi connectivity index (χ4n) is 1.50. The topological polar surface area (TPSA) is 46.5 Å². The van der Waals surface area contributed by atoms with Gasteiger partial charge in [-0.15, -0.1) is 0 Å². The van der Waals surface area contributed by atoms with Gasteiger partial charge in [0, 0.05) is 5.75 Å². The van der Waals surface area contributed by atoms with Crippen molar-refractivity contribution in [2.75, 3.05) is 19.1 Å². The van der Waals surface area contributed by atoms with Crippen LogP contribution < -0.4 is 0 Å². The van der Waals surface area contributed by atoms with E-state index in [9.17, 15) is 9.90 Å². The summed E-state index contributed by atoms with van der Waals surface area (Å²) in [4.78, 5) is 11.5. The first kappa shape index (κ1) is 13.1. The Hall–Kier alpha value is -1.00. The third kappa shape index (κ3) is 3.25. The van der Waals surface area contributed by atoms with E-state index < -0.39 is 12.0 Å². The van der Waals surface area contributed by atoms with Gasteiger partial charge in [-0.05, 0) is 11.8 Å². The molecular weight excluding hydrogens is 224 g/mol. The molecule has 0 aliphatic heterocycles. The Balaban J connectivity index is 2.82. The van der Waals surface area contributed by atoms with Crippen LogP contribution in [0.4, 0.5) is 0 Å². The first-order chi connectivity index (χ1) is 7.70. The summed E-state index contributed by atoms with van der Waals surface area (Å²) >= 11 is 1.52. The molecule has 3 nitrogen and oxygen atoms in total. The second-order valence-corrected chi connectivity index (χ2v) is 4.35. The number of rotatable bonds is 5. The van der Waals surface area contributed by atoms with Crippen molar-refractivity contribution in [3.8, 4) is 0 Å². The first-order valence-corrected chi connectivity index (χ1v) is 6.40. The molecule has 0 aliphatic rings. The lowest BCUT2D eigenvalue weighted by molar-refractivity contribution is -0.148. The van der Waals surface area contributed by atoms with Crippen LogP contribution in [0.15, 0.2) is 30.3 Å². The van der Waals surface area contributed by atoms with E-state index in [4.69, 9.17) is 4.74 Å². The number of methoxy groups -OCH3 is 1. The minimum absolute atomic E-state index is 0.370. The Morgan fingerprint density at radius 2 is 2.06 bits per heavy atom. The molecule has 2 atom stereocenters. The van der Waals surface area contributed by atoms with Crippen molar-refractivity contribution in [1.29, 1.82) is 0 Å². The highest BCUT2D eigenvalue weighted by molar-refractivity contribution is 7.98. The van der Waals surface area contributed by atoms with E-state index in [-0.39, 0.29) is 5.97 Å². The van der Waals surface area contributed by atoms with Gasteiger partial charge in [-0.3, -0.25) is 4.79 Å². The second kappa shape index (κ2) is 6.55. The van der Waals surface area contributed by atoms with Gasteiger partial charge in [0.15, 0.2) is 0 Å². The number of carbonyl (C=O) groups excluding carboxylic acids is 1. The summed E-state index contributed by atoms with van der Waals surface area (Å²) in [6, 6.07) is 9.16. The molecule has 0 saturated carbocycles. The van der Waals surface area contributed by atoms with Crippen LogP contribution in [-0.4, -0.2) is 30.2 Å². The van der Waals surface area contributed by atoms with Gasteiger partial charge in [-0.25, -0.2) is 0 Å². The summed E-state index contributed by atoms with van der Waals surface area (Å²) in [5.41, 5.74) is 0.743. The number of hydrogen-bond donors (Lipinski definition) is 1. The highest BCUT2D eigenvalue weighted by Crippen LogP contribution is 2.25. The average molecular weight is 240 g/mol. The summed E-state index contributed by atoms with van der Waals surface area (Å²) in [5.74, 6) is -0.337. The van der Waals surface area contributed by atoms with Gasteiger partial charge < -0.3 is 9.84 Å². The summed E-state index contributed by atoms with van der Waals surface area (Å²) in [7, 11) is 1.34. The Morgan fingerprint density at radius 3 is 2.56 bits per heavy atom. The quantitative estimate of drug-likeness (QED) is 0.798. The van der Waals surface area contributed by atoms with Crippen molar-refractivity contribution in [3.63, 3.8) is 0 Å². The Morgan fingerprint density at radius 1 is 1.44 bits per heavy atom. The molecule has 2 unspecified atom stereocenters. The van der Waals surface area contributed by atoms with Crippen LogP contribution in [0.25, 0.3) is 0 Å². The second-order valence-electron chi connectivity index (χ2n) is 3.44. The molecule has 0 aliphatic carbocycles. The van der Waals surface area contributed by atoms with E-state index in [2.05, 4.69) is 0 Å². The van der Waals surface area contributed by atoms with Gasteiger partial charge in [0.1, 0.15) is 0 Å². The van der Waals surface area contributed by atoms with Gasteiger partial charge in [-0.2, -0.15) is 11.8 Å². The van der Waals surface area contributed by atoms with E-state index in [0.29, 0.717) is 5.75 Å². The van der Waals surface area contributed by atoms with Crippen molar-refractivity contribution >= 4 is 17.7 Å². The molecule has 1 rings (SSSR count). The SMILES string of the molecule is COC(=O)C(CSC)C(O)c1ccccc1. The normalized spacial score (nSPS) is 14.2. The Bertz CT molecular complexity index is 326. The van der Waals surface area contributed by atoms with Crippen molar-refractivity contribution in [1.82, 2.24) is 0 Å². The maximum atomic E-state index is 11.5. The molecule has 1 N–H and O–H groups in total. The zero-order chi connectivity index (χ0) is 12.0. The highest BCUT2D eigenvalue weighted by atomic mass is 32.2. The van der Waals surface area contributed by atoms with Crippen LogP contribution in [0.3, 0.4) is 0 Å². The van der Waals surface area contributed by atoms with Crippen molar-refractivity contribution in [2.45, 2.75) is 6.10 Å². The van der Waals surface area contributed by atoms with Crippen LogP contribution in [0.5, 0.6) is 0 Å². The standard InChI is InChI=1S/C12H16O3S/c1-15-12(14)10(8-16-2)11(13)9-6-4-3-5-7-9/h3-7,10-11,13H,8H2,1-2H3. The van der Waals surface area contributed by atoms with Gasteiger partial charge >= 0.3 is 5.97 Å². The molecule has 4 heteroatoms. The summed E-state index contributed by atoms with van der Waals surface area (Å²) in [6.45, 7) is 0. The number of ether oxygens (including phenoxy) is 1. The third-order valence-electron chi connectivity index (χ3n) is 2.37. The fourth-order valence-corrected chi connectivity index (χ4v) is 2.18. The van der Waals surface area contributed by atoms with E-state index in [1.807, 2.05) is 24.5 Å². The molecule has 0 spiro atoms. The molecule has 16 heavy (non-hydrogen) atoms. The van der Waals surface area contributed by atoms with Crippen molar-refractivity contribution in [3.05, 3.63) is 35.9 Å². The number of esters is 1. The van der Waals surface area contributed by atoms with Gasteiger partial charge in [-0.1, -0.05) is 30.3 Å². The summed E-state index contributed by atoms with van der Waals surface area (Å²) in [5, 5.41) is 10.1. The lowest BCUT2D eigenvalue weighted by Gasteiger charge is -2.20. The minimum Gasteiger partial charge on any atom is -0.469 e. The molecule has 1 aromatic rings. The molecule has 0 aromatic heterocycles. The Kier molecular flexibility index (Phi) is 5.35. The fraction of sp³-hybridized carbons (Fsp3) is 0.417. The van der Waals surface area contributed by atoms with Gasteiger partial charge in [0.25, 0.3) is 0 Å². The predicted octanol–water partition coefficient (Wildman–Crippen LogP) is 1.87. The number of carbonyl (C=O) groups is 1. The van der Waals surface area contributed by atoms with E-state index in [1.165, 1.54) is 18.9 Å². The molecule has 1 aromatic carbocycles. The number of hydrogen-bond acceptors (Lipinski definition) is 4. The molecule has 0 amide bonds. The monoisotopic (exact) mass is 240 g/mol. The average Bonchev–Trinajstić information content (AvgIpc) is 2.35. The molecule has 0 bridgehead atoms. The van der Waals surface area contributed by atoms with Crippen molar-refractivity contribution in [2.24, 2.45) is 5.92 Å². The largest absolute Gasteiger partial charge is 0.469 e. The van der Waals surface area contributed by atoms with Crippen molar-refractivity contribution < 1.29 is 14.6 Å². The minimum atomic E-state index is -0.805. The smallest absolute Gasteiger partial charge is 0.312 e. The number of benzene rings is 1. The molecule has 88 valence electrons. The van der Waals surface area contributed by atoms with E-state index in [0.717, 1.165) is 5.56 Å². The summed E-state index contributed by atoms with van der Waals surface area (Å²) in [6.07, 6.45) is 1.09. The predicted molar refractivity (Wildman–Crippen MR) is 65.3 cm³/mol. The first-order valence-electron chi connectivity index (χ1n) is 5.00. The maximum Gasteiger partial charge on any atom is 0.312 e. The lowest BCUT2D eigenvalue weighted by Crippen LogP contribution is -2.25. The number of aliphatic hydroxyl groups excluding tert-OH is 1. The molecular formula is C12H16O3S. The van der Waals surface area contributed by atoms with Crippen LogP contribution in [0.1, 0.15) is 11.7 Å². The van der Waals surface area contributed by atoms with Crippen LogP contribution in [0, 0.1) is 5.92 Å². The van der Waals surface area contributed by atoms with Gasteiger partial charge in [0.2, 0.25) is 0 Å². The Labute approximate surface area is 99.8 Å². The van der Waals surface area contributed by atoms with E-state index >= 15 is 0 Å². The lowest BCUT2D eigenvalue weighted by atomic mass is 9.97. The molecule has 0 saturated heterocycles. The third-order valence-corrected chi connectivity index (χ3v) is 3.06. The number of aliphatic hydroxyl groups is 1. The summed E-state index contributed by atoms with van der Waals surface area (Å²) < 4.78 is 4.70. The van der Waals surface area contributed by atoms with Crippen LogP contribution in [-0.2, 0) is 9.53 Å². The van der Waals surface area contributed by atoms with Crippen LogP contribution >= 0.6 is 11.8 Å². The van der Waals surface area contributed by atoms with Crippen LogP contribution in [0.2, 0.25) is 0 Å². The van der Waals surface area contributed by atoms with Gasteiger partial charge in [0.05, 0.1) is 19.1 Å².